The molecule has 0 amide bonds. The minimum Gasteiger partial charge on any atom is -0.376 e. The van der Waals surface area contributed by atoms with Gasteiger partial charge in [-0.25, -0.2) is 0 Å². The summed E-state index contributed by atoms with van der Waals surface area (Å²) in [4.78, 5) is 4.23. The van der Waals surface area contributed by atoms with Gasteiger partial charge in [0.05, 0.1) is 6.10 Å². The van der Waals surface area contributed by atoms with Crippen LogP contribution in [0.2, 0.25) is 0 Å². The smallest absolute Gasteiger partial charge is 0.191 e. The van der Waals surface area contributed by atoms with Crippen LogP contribution in [-0.2, 0) is 4.74 Å². The predicted octanol–water partition coefficient (Wildman–Crippen LogP) is 2.55. The van der Waals surface area contributed by atoms with Gasteiger partial charge in [0.2, 0.25) is 0 Å². The molecule has 0 saturated carbocycles. The Morgan fingerprint density at radius 3 is 2.63 bits per heavy atom. The number of ether oxygens (including phenoxy) is 1. The Morgan fingerprint density at radius 1 is 1.26 bits per heavy atom. The van der Waals surface area contributed by atoms with E-state index >= 15 is 0 Å². The van der Waals surface area contributed by atoms with Gasteiger partial charge in [0, 0.05) is 26.7 Å². The molecule has 1 fully saturated rings. The Bertz CT molecular complexity index is 265. The van der Waals surface area contributed by atoms with Gasteiger partial charge in [-0.2, -0.15) is 0 Å². The topological polar surface area (TPSA) is 45.7 Å². The molecule has 0 spiro atoms. The van der Waals surface area contributed by atoms with Gasteiger partial charge in [0.15, 0.2) is 5.96 Å². The van der Waals surface area contributed by atoms with Crippen LogP contribution in [0.5, 0.6) is 0 Å². The van der Waals surface area contributed by atoms with Crippen LogP contribution in [0.3, 0.4) is 0 Å². The Morgan fingerprint density at radius 2 is 2.05 bits per heavy atom. The van der Waals surface area contributed by atoms with Crippen LogP contribution in [-0.4, -0.2) is 38.8 Å². The molecule has 1 unspecified atom stereocenters. The fourth-order valence-electron chi connectivity index (χ4n) is 2.22. The van der Waals surface area contributed by atoms with Crippen LogP contribution in [0.15, 0.2) is 4.99 Å². The van der Waals surface area contributed by atoms with Gasteiger partial charge in [-0.3, -0.25) is 4.99 Å². The van der Waals surface area contributed by atoms with Crippen LogP contribution in [0.1, 0.15) is 52.9 Å². The molecule has 0 aromatic heterocycles. The number of aliphatic imine (C=N–C) groups is 1. The van der Waals surface area contributed by atoms with Crippen LogP contribution < -0.4 is 10.6 Å². The van der Waals surface area contributed by atoms with Crippen molar-refractivity contribution < 1.29 is 4.74 Å². The highest BCUT2D eigenvalue weighted by molar-refractivity contribution is 5.79. The first-order valence-corrected chi connectivity index (χ1v) is 7.57. The van der Waals surface area contributed by atoms with E-state index in [0.29, 0.717) is 11.5 Å². The zero-order valence-corrected chi connectivity index (χ0v) is 13.1. The molecule has 112 valence electrons. The molecule has 19 heavy (non-hydrogen) atoms. The number of hydrogen-bond donors (Lipinski definition) is 2. The number of rotatable bonds is 6. The second-order valence-electron chi connectivity index (χ2n) is 6.53. The molecule has 0 aromatic rings. The second kappa shape index (κ2) is 8.41. The summed E-state index contributed by atoms with van der Waals surface area (Å²) in [7, 11) is 1.82. The Balaban J connectivity index is 2.05. The van der Waals surface area contributed by atoms with Crippen molar-refractivity contribution in [1.82, 2.24) is 10.6 Å². The van der Waals surface area contributed by atoms with E-state index in [0.717, 1.165) is 32.1 Å². The molecule has 1 rings (SSSR count). The van der Waals surface area contributed by atoms with Crippen molar-refractivity contribution in [2.24, 2.45) is 10.4 Å². The third-order valence-corrected chi connectivity index (χ3v) is 3.39. The summed E-state index contributed by atoms with van der Waals surface area (Å²) in [5.74, 6) is 0.895. The van der Waals surface area contributed by atoms with Crippen molar-refractivity contribution in [2.75, 3.05) is 26.7 Å². The first kappa shape index (κ1) is 16.3. The van der Waals surface area contributed by atoms with E-state index in [-0.39, 0.29) is 0 Å². The molecular weight excluding hydrogens is 238 g/mol. The molecular formula is C15H31N3O. The first-order valence-electron chi connectivity index (χ1n) is 7.57. The molecule has 0 radical (unpaired) electrons. The van der Waals surface area contributed by atoms with Crippen LogP contribution >= 0.6 is 0 Å². The van der Waals surface area contributed by atoms with E-state index < -0.39 is 0 Å². The molecule has 2 N–H and O–H groups in total. The van der Waals surface area contributed by atoms with Gasteiger partial charge < -0.3 is 15.4 Å². The average molecular weight is 269 g/mol. The third kappa shape index (κ3) is 8.09. The van der Waals surface area contributed by atoms with E-state index in [1.165, 1.54) is 25.7 Å². The minimum absolute atomic E-state index is 0.361. The van der Waals surface area contributed by atoms with E-state index in [1.807, 2.05) is 7.05 Å². The third-order valence-electron chi connectivity index (χ3n) is 3.39. The van der Waals surface area contributed by atoms with E-state index in [1.54, 1.807) is 0 Å². The summed E-state index contributed by atoms with van der Waals surface area (Å²) in [6.45, 7) is 9.64. The maximum absolute atomic E-state index is 5.58. The lowest BCUT2D eigenvalue weighted by atomic mass is 9.90. The zero-order valence-electron chi connectivity index (χ0n) is 13.1. The molecule has 0 aromatic carbocycles. The van der Waals surface area contributed by atoms with Crippen molar-refractivity contribution in [3.63, 3.8) is 0 Å². The van der Waals surface area contributed by atoms with Crippen LogP contribution in [0.4, 0.5) is 0 Å². The van der Waals surface area contributed by atoms with Crippen molar-refractivity contribution in [1.29, 1.82) is 0 Å². The average Bonchev–Trinajstić information content (AvgIpc) is 2.84. The largest absolute Gasteiger partial charge is 0.376 e. The molecule has 4 heteroatoms. The highest BCUT2D eigenvalue weighted by Crippen LogP contribution is 2.21. The Kier molecular flexibility index (Phi) is 7.21. The van der Waals surface area contributed by atoms with E-state index in [9.17, 15) is 0 Å². The summed E-state index contributed by atoms with van der Waals surface area (Å²) in [6.07, 6.45) is 6.44. The van der Waals surface area contributed by atoms with Gasteiger partial charge in [0.1, 0.15) is 0 Å². The quantitative estimate of drug-likeness (QED) is 0.442. The molecule has 1 atom stereocenters. The number of hydrogen-bond acceptors (Lipinski definition) is 2. The van der Waals surface area contributed by atoms with Gasteiger partial charge in [-0.1, -0.05) is 27.2 Å². The lowest BCUT2D eigenvalue weighted by Gasteiger charge is -2.18. The maximum Gasteiger partial charge on any atom is 0.191 e. The summed E-state index contributed by atoms with van der Waals surface area (Å²) in [5, 5.41) is 6.70. The van der Waals surface area contributed by atoms with Gasteiger partial charge in [-0.15, -0.1) is 0 Å². The summed E-state index contributed by atoms with van der Waals surface area (Å²) < 4.78 is 5.58. The minimum atomic E-state index is 0.361. The molecule has 1 aliphatic rings. The fourth-order valence-corrected chi connectivity index (χ4v) is 2.22. The molecule has 1 heterocycles. The van der Waals surface area contributed by atoms with E-state index in [2.05, 4.69) is 36.4 Å². The lowest BCUT2D eigenvalue weighted by Crippen LogP contribution is -2.41. The van der Waals surface area contributed by atoms with Crippen molar-refractivity contribution in [3.05, 3.63) is 0 Å². The van der Waals surface area contributed by atoms with Crippen LogP contribution in [0, 0.1) is 5.41 Å². The Labute approximate surface area is 118 Å². The van der Waals surface area contributed by atoms with Crippen molar-refractivity contribution in [3.8, 4) is 0 Å². The van der Waals surface area contributed by atoms with E-state index in [4.69, 9.17) is 4.74 Å². The number of guanidine groups is 1. The fraction of sp³-hybridized carbons (Fsp3) is 0.933. The number of nitrogens with one attached hydrogen (secondary N) is 2. The SMILES string of the molecule is CN=C(NCCCCC(C)(C)C)NCC1CCCO1. The second-order valence-corrected chi connectivity index (χ2v) is 6.53. The lowest BCUT2D eigenvalue weighted by molar-refractivity contribution is 0.114. The zero-order chi connectivity index (χ0) is 14.1. The Hall–Kier alpha value is -0.770. The summed E-state index contributed by atoms with van der Waals surface area (Å²) in [5.41, 5.74) is 0.444. The summed E-state index contributed by atoms with van der Waals surface area (Å²) >= 11 is 0. The summed E-state index contributed by atoms with van der Waals surface area (Å²) in [6, 6.07) is 0. The number of nitrogens with zero attached hydrogens (tertiary/aromatic N) is 1. The standard InChI is InChI=1S/C15H31N3O/c1-15(2,3)9-5-6-10-17-14(16-4)18-12-13-8-7-11-19-13/h13H,5-12H2,1-4H3,(H2,16,17,18). The maximum atomic E-state index is 5.58. The normalized spacial score (nSPS) is 20.6. The molecule has 0 aliphatic carbocycles. The molecule has 1 aliphatic heterocycles. The van der Waals surface area contributed by atoms with Gasteiger partial charge in [0.25, 0.3) is 0 Å². The van der Waals surface area contributed by atoms with Crippen molar-refractivity contribution in [2.45, 2.75) is 59.0 Å². The molecule has 4 nitrogen and oxygen atoms in total. The molecule has 1 saturated heterocycles. The predicted molar refractivity (Wildman–Crippen MR) is 81.6 cm³/mol. The highest BCUT2D eigenvalue weighted by atomic mass is 16.5. The number of unbranched alkanes of at least 4 members (excludes halogenated alkanes) is 1. The van der Waals surface area contributed by atoms with Crippen LogP contribution in [0.25, 0.3) is 0 Å². The van der Waals surface area contributed by atoms with Gasteiger partial charge >= 0.3 is 0 Å². The molecule has 0 bridgehead atoms. The van der Waals surface area contributed by atoms with Crippen molar-refractivity contribution >= 4 is 5.96 Å². The van der Waals surface area contributed by atoms with Gasteiger partial charge in [-0.05, 0) is 31.1 Å². The highest BCUT2D eigenvalue weighted by Gasteiger charge is 2.15. The monoisotopic (exact) mass is 269 g/mol. The first-order chi connectivity index (χ1) is 9.01.